The number of aromatic nitrogens is 1. The number of carbonyl (C=O) groups is 3. The monoisotopic (exact) mass is 468 g/mol. The standard InChI is InChI=1S/C25H32N4O5/c1-16-13-29(25(32)21-8-6-7-11-26-21)17(2)15-34-22-10-9-19(27-18(3)30)12-20(22)24(31)28(4)14-23(16)33-5/h6-12,16-17,23H,13-15H2,1-5H3,(H,27,30)/t16-,17+,23+/m0/s1. The fourth-order valence-corrected chi connectivity index (χ4v) is 3.98. The molecule has 9 heteroatoms. The van der Waals surface area contributed by atoms with Gasteiger partial charge in [0.15, 0.2) is 0 Å². The third-order valence-electron chi connectivity index (χ3n) is 5.91. The third-order valence-corrected chi connectivity index (χ3v) is 5.91. The van der Waals surface area contributed by atoms with Gasteiger partial charge in [-0.2, -0.15) is 0 Å². The van der Waals surface area contributed by atoms with E-state index in [1.165, 1.54) is 6.92 Å². The zero-order valence-corrected chi connectivity index (χ0v) is 20.3. The first-order chi connectivity index (χ1) is 16.2. The molecular weight excluding hydrogens is 436 g/mol. The summed E-state index contributed by atoms with van der Waals surface area (Å²) >= 11 is 0. The van der Waals surface area contributed by atoms with E-state index < -0.39 is 0 Å². The SMILES string of the molecule is CO[C@@H]1CN(C)C(=O)c2cc(NC(C)=O)ccc2OC[C@@H](C)N(C(=O)c2ccccn2)C[C@@H]1C. The van der Waals surface area contributed by atoms with Gasteiger partial charge in [-0.05, 0) is 37.3 Å². The molecule has 1 aliphatic heterocycles. The molecule has 2 aromatic rings. The highest BCUT2D eigenvalue weighted by Gasteiger charge is 2.31. The fourth-order valence-electron chi connectivity index (χ4n) is 3.98. The number of likely N-dealkylation sites (N-methyl/N-ethyl adjacent to an activating group) is 1. The molecule has 3 amide bonds. The quantitative estimate of drug-likeness (QED) is 0.743. The van der Waals surface area contributed by atoms with Crippen LogP contribution in [-0.2, 0) is 9.53 Å². The highest BCUT2D eigenvalue weighted by molar-refractivity contribution is 5.99. The normalized spacial score (nSPS) is 21.6. The molecule has 0 aliphatic carbocycles. The molecule has 0 saturated heterocycles. The van der Waals surface area contributed by atoms with Crippen molar-refractivity contribution in [1.82, 2.24) is 14.8 Å². The summed E-state index contributed by atoms with van der Waals surface area (Å²) in [6.45, 7) is 6.21. The van der Waals surface area contributed by atoms with E-state index in [9.17, 15) is 14.4 Å². The Morgan fingerprint density at radius 3 is 2.59 bits per heavy atom. The van der Waals surface area contributed by atoms with Crippen LogP contribution in [0.5, 0.6) is 5.75 Å². The molecule has 182 valence electrons. The van der Waals surface area contributed by atoms with Crippen LogP contribution in [0, 0.1) is 5.92 Å². The summed E-state index contributed by atoms with van der Waals surface area (Å²) in [5, 5.41) is 2.70. The van der Waals surface area contributed by atoms with E-state index in [0.29, 0.717) is 35.8 Å². The Morgan fingerprint density at radius 1 is 1.18 bits per heavy atom. The second kappa shape index (κ2) is 11.1. The van der Waals surface area contributed by atoms with Crippen molar-refractivity contribution in [2.75, 3.05) is 39.2 Å². The van der Waals surface area contributed by atoms with E-state index in [4.69, 9.17) is 9.47 Å². The van der Waals surface area contributed by atoms with E-state index in [2.05, 4.69) is 10.3 Å². The zero-order chi connectivity index (χ0) is 24.8. The Labute approximate surface area is 200 Å². The Morgan fingerprint density at radius 2 is 1.94 bits per heavy atom. The smallest absolute Gasteiger partial charge is 0.272 e. The Bertz CT molecular complexity index is 1030. The molecule has 0 spiro atoms. The molecule has 9 nitrogen and oxygen atoms in total. The summed E-state index contributed by atoms with van der Waals surface area (Å²) in [7, 11) is 3.30. The van der Waals surface area contributed by atoms with Crippen LogP contribution in [0.15, 0.2) is 42.6 Å². The minimum Gasteiger partial charge on any atom is -0.491 e. The predicted molar refractivity (Wildman–Crippen MR) is 128 cm³/mol. The molecule has 0 fully saturated rings. The van der Waals surface area contributed by atoms with Crippen molar-refractivity contribution in [2.45, 2.75) is 32.9 Å². The Hall–Kier alpha value is -3.46. The summed E-state index contributed by atoms with van der Waals surface area (Å²) in [5.74, 6) is -0.363. The molecule has 3 atom stereocenters. The van der Waals surface area contributed by atoms with Gasteiger partial charge in [0.05, 0.1) is 17.7 Å². The van der Waals surface area contributed by atoms with Crippen LogP contribution in [0.1, 0.15) is 41.6 Å². The summed E-state index contributed by atoms with van der Waals surface area (Å²) in [6, 6.07) is 9.88. The number of hydrogen-bond donors (Lipinski definition) is 1. The van der Waals surface area contributed by atoms with Crippen LogP contribution in [0.2, 0.25) is 0 Å². The van der Waals surface area contributed by atoms with Crippen molar-refractivity contribution in [1.29, 1.82) is 0 Å². The number of methoxy groups -OCH3 is 1. The van der Waals surface area contributed by atoms with Crippen LogP contribution >= 0.6 is 0 Å². The second-order valence-corrected chi connectivity index (χ2v) is 8.66. The van der Waals surface area contributed by atoms with Crippen molar-refractivity contribution < 1.29 is 23.9 Å². The van der Waals surface area contributed by atoms with Gasteiger partial charge in [-0.25, -0.2) is 0 Å². The third kappa shape index (κ3) is 5.91. The zero-order valence-electron chi connectivity index (χ0n) is 20.3. The lowest BCUT2D eigenvalue weighted by Gasteiger charge is -2.36. The minimum atomic E-state index is -0.303. The number of carbonyl (C=O) groups excluding carboxylic acids is 3. The molecule has 1 aromatic heterocycles. The highest BCUT2D eigenvalue weighted by atomic mass is 16.5. The van der Waals surface area contributed by atoms with E-state index >= 15 is 0 Å². The van der Waals surface area contributed by atoms with Crippen LogP contribution in [0.4, 0.5) is 5.69 Å². The topological polar surface area (TPSA) is 101 Å². The first kappa shape index (κ1) is 25.2. The maximum Gasteiger partial charge on any atom is 0.272 e. The van der Waals surface area contributed by atoms with E-state index in [0.717, 1.165) is 0 Å². The van der Waals surface area contributed by atoms with Crippen molar-refractivity contribution in [3.05, 3.63) is 53.9 Å². The Balaban J connectivity index is 1.99. The summed E-state index contributed by atoms with van der Waals surface area (Å²) in [5.41, 5.74) is 1.18. The number of hydrogen-bond acceptors (Lipinski definition) is 6. The number of rotatable bonds is 3. The molecule has 0 unspecified atom stereocenters. The number of fused-ring (bicyclic) bond motifs is 1. The van der Waals surface area contributed by atoms with Crippen LogP contribution in [-0.4, -0.2) is 78.5 Å². The lowest BCUT2D eigenvalue weighted by atomic mass is 10.0. The number of benzene rings is 1. The fraction of sp³-hybridized carbons (Fsp3) is 0.440. The average molecular weight is 469 g/mol. The number of nitrogens with one attached hydrogen (secondary N) is 1. The lowest BCUT2D eigenvalue weighted by Crippen LogP contribution is -2.48. The van der Waals surface area contributed by atoms with E-state index in [-0.39, 0.29) is 42.4 Å². The molecule has 0 radical (unpaired) electrons. The molecule has 34 heavy (non-hydrogen) atoms. The Kier molecular flexibility index (Phi) is 8.22. The molecule has 0 saturated carbocycles. The summed E-state index contributed by atoms with van der Waals surface area (Å²) in [4.78, 5) is 45.7. The van der Waals surface area contributed by atoms with E-state index in [1.807, 2.05) is 13.8 Å². The van der Waals surface area contributed by atoms with Crippen LogP contribution < -0.4 is 10.1 Å². The van der Waals surface area contributed by atoms with Gasteiger partial charge in [0.2, 0.25) is 5.91 Å². The molecular formula is C25H32N4O5. The average Bonchev–Trinajstić information content (AvgIpc) is 2.83. The minimum absolute atomic E-state index is 0.0695. The van der Waals surface area contributed by atoms with Gasteiger partial charge in [0.25, 0.3) is 11.8 Å². The molecule has 1 aliphatic rings. The van der Waals surface area contributed by atoms with Crippen molar-refractivity contribution in [3.63, 3.8) is 0 Å². The van der Waals surface area contributed by atoms with Gasteiger partial charge >= 0.3 is 0 Å². The van der Waals surface area contributed by atoms with Gasteiger partial charge in [-0.3, -0.25) is 19.4 Å². The largest absolute Gasteiger partial charge is 0.491 e. The van der Waals surface area contributed by atoms with Crippen molar-refractivity contribution in [3.8, 4) is 5.75 Å². The number of ether oxygens (including phenoxy) is 2. The first-order valence-corrected chi connectivity index (χ1v) is 11.3. The number of anilines is 1. The summed E-state index contributed by atoms with van der Waals surface area (Å²) in [6.07, 6.45) is 1.29. The number of pyridine rings is 1. The van der Waals surface area contributed by atoms with Gasteiger partial charge in [0.1, 0.15) is 18.1 Å². The van der Waals surface area contributed by atoms with Crippen LogP contribution in [0.3, 0.4) is 0 Å². The second-order valence-electron chi connectivity index (χ2n) is 8.66. The molecule has 1 aromatic carbocycles. The maximum absolute atomic E-state index is 13.3. The van der Waals surface area contributed by atoms with Gasteiger partial charge < -0.3 is 24.6 Å². The summed E-state index contributed by atoms with van der Waals surface area (Å²) < 4.78 is 11.8. The van der Waals surface area contributed by atoms with Gasteiger partial charge in [0, 0.05) is 52.0 Å². The number of amides is 3. The predicted octanol–water partition coefficient (Wildman–Crippen LogP) is 2.69. The number of nitrogens with zero attached hydrogens (tertiary/aromatic N) is 3. The molecule has 0 bridgehead atoms. The lowest BCUT2D eigenvalue weighted by molar-refractivity contribution is -0.114. The van der Waals surface area contributed by atoms with Crippen molar-refractivity contribution in [2.24, 2.45) is 5.92 Å². The van der Waals surface area contributed by atoms with Crippen LogP contribution in [0.25, 0.3) is 0 Å². The molecule has 2 heterocycles. The van der Waals surface area contributed by atoms with Crippen molar-refractivity contribution >= 4 is 23.4 Å². The van der Waals surface area contributed by atoms with Gasteiger partial charge in [-0.1, -0.05) is 13.0 Å². The first-order valence-electron chi connectivity index (χ1n) is 11.3. The van der Waals surface area contributed by atoms with E-state index in [1.54, 1.807) is 66.6 Å². The molecule has 3 rings (SSSR count). The highest BCUT2D eigenvalue weighted by Crippen LogP contribution is 2.26. The molecule has 1 N–H and O–H groups in total. The maximum atomic E-state index is 13.3. The van der Waals surface area contributed by atoms with Gasteiger partial charge in [-0.15, -0.1) is 0 Å².